The van der Waals surface area contributed by atoms with Crippen LogP contribution in [0, 0.1) is 0 Å². The molecule has 0 bridgehead atoms. The van der Waals surface area contributed by atoms with Gasteiger partial charge in [-0.1, -0.05) is 0 Å². The van der Waals surface area contributed by atoms with Gasteiger partial charge in [0.15, 0.2) is 0 Å². The van der Waals surface area contributed by atoms with Gasteiger partial charge in [-0.15, -0.1) is 0 Å². The van der Waals surface area contributed by atoms with Crippen molar-refractivity contribution < 1.29 is 4.74 Å². The van der Waals surface area contributed by atoms with Crippen LogP contribution in [0.15, 0.2) is 0 Å². The van der Waals surface area contributed by atoms with E-state index >= 15 is 0 Å². The van der Waals surface area contributed by atoms with Crippen molar-refractivity contribution >= 4 is 11.8 Å². The van der Waals surface area contributed by atoms with Gasteiger partial charge in [-0.3, -0.25) is 0 Å². The van der Waals surface area contributed by atoms with Crippen LogP contribution < -0.4 is 5.32 Å². The summed E-state index contributed by atoms with van der Waals surface area (Å²) in [7, 11) is 0. The lowest BCUT2D eigenvalue weighted by atomic mass is 10.1. The summed E-state index contributed by atoms with van der Waals surface area (Å²) < 4.78 is 5.85. The van der Waals surface area contributed by atoms with E-state index in [4.69, 9.17) is 4.74 Å². The van der Waals surface area contributed by atoms with E-state index < -0.39 is 0 Å². The molecule has 0 aromatic heterocycles. The fraction of sp³-hybridized carbons (Fsp3) is 1.00. The molecule has 84 valence electrons. The van der Waals surface area contributed by atoms with E-state index in [-0.39, 0.29) is 0 Å². The van der Waals surface area contributed by atoms with Gasteiger partial charge >= 0.3 is 0 Å². The summed E-state index contributed by atoms with van der Waals surface area (Å²) in [6.45, 7) is 9.37. The predicted molar refractivity (Wildman–Crippen MR) is 64.1 cm³/mol. The molecule has 0 aromatic rings. The second-order valence-corrected chi connectivity index (χ2v) is 6.03. The van der Waals surface area contributed by atoms with Gasteiger partial charge in [0.25, 0.3) is 0 Å². The van der Waals surface area contributed by atoms with E-state index in [2.05, 4.69) is 30.9 Å². The molecule has 0 saturated carbocycles. The monoisotopic (exact) mass is 217 g/mol. The highest BCUT2D eigenvalue weighted by Crippen LogP contribution is 2.36. The number of ether oxygens (including phenoxy) is 1. The molecule has 2 atom stereocenters. The van der Waals surface area contributed by atoms with Crippen LogP contribution in [0.5, 0.6) is 0 Å². The van der Waals surface area contributed by atoms with Crippen LogP contribution >= 0.6 is 11.8 Å². The lowest BCUT2D eigenvalue weighted by Gasteiger charge is -2.25. The fourth-order valence-corrected chi connectivity index (χ4v) is 2.98. The Kier molecular flexibility index (Phi) is 5.28. The zero-order valence-electron chi connectivity index (χ0n) is 9.64. The van der Waals surface area contributed by atoms with Crippen molar-refractivity contribution in [2.24, 2.45) is 0 Å². The molecule has 1 saturated heterocycles. The second kappa shape index (κ2) is 5.99. The molecule has 1 heterocycles. The summed E-state index contributed by atoms with van der Waals surface area (Å²) in [5, 5.41) is 3.55. The van der Waals surface area contributed by atoms with Gasteiger partial charge in [-0.2, -0.15) is 11.8 Å². The largest absolute Gasteiger partial charge is 0.380 e. The fourth-order valence-electron chi connectivity index (χ4n) is 1.72. The lowest BCUT2D eigenvalue weighted by Crippen LogP contribution is -2.40. The first-order valence-electron chi connectivity index (χ1n) is 5.61. The summed E-state index contributed by atoms with van der Waals surface area (Å²) in [4.78, 5) is 0. The van der Waals surface area contributed by atoms with Crippen molar-refractivity contribution in [3.05, 3.63) is 0 Å². The van der Waals surface area contributed by atoms with Crippen molar-refractivity contribution in [3.8, 4) is 0 Å². The Hall–Kier alpha value is 0.270. The summed E-state index contributed by atoms with van der Waals surface area (Å²) in [6, 6.07) is 0.480. The molecule has 2 unspecified atom stereocenters. The third-order valence-electron chi connectivity index (χ3n) is 2.70. The van der Waals surface area contributed by atoms with Gasteiger partial charge in [0.2, 0.25) is 0 Å². The number of hydrogen-bond donors (Lipinski definition) is 1. The van der Waals surface area contributed by atoms with Crippen LogP contribution in [0.1, 0.15) is 33.6 Å². The van der Waals surface area contributed by atoms with Gasteiger partial charge < -0.3 is 10.1 Å². The topological polar surface area (TPSA) is 21.3 Å². The van der Waals surface area contributed by atoms with E-state index in [1.165, 1.54) is 18.6 Å². The standard InChI is InChI=1S/C11H23NOS/c1-4-13-8-10(2)12-9-11(3)6-5-7-14-11/h10,12H,4-9H2,1-3H3. The first-order chi connectivity index (χ1) is 6.66. The van der Waals surface area contributed by atoms with Gasteiger partial charge in [0.05, 0.1) is 6.61 Å². The molecule has 0 amide bonds. The molecule has 1 N–H and O–H groups in total. The molecule has 1 fully saturated rings. The Bertz CT molecular complexity index is 157. The van der Waals surface area contributed by atoms with Crippen LogP contribution in [0.2, 0.25) is 0 Å². The summed E-state index contributed by atoms with van der Waals surface area (Å²) >= 11 is 2.11. The Morgan fingerprint density at radius 2 is 2.36 bits per heavy atom. The maximum Gasteiger partial charge on any atom is 0.0616 e. The second-order valence-electron chi connectivity index (χ2n) is 4.34. The van der Waals surface area contributed by atoms with Gasteiger partial charge in [-0.25, -0.2) is 0 Å². The lowest BCUT2D eigenvalue weighted by molar-refractivity contribution is 0.126. The zero-order chi connectivity index (χ0) is 10.4. The predicted octanol–water partition coefficient (Wildman–Crippen LogP) is 2.29. The van der Waals surface area contributed by atoms with E-state index in [1.807, 2.05) is 6.92 Å². The highest BCUT2D eigenvalue weighted by atomic mass is 32.2. The van der Waals surface area contributed by atoms with Gasteiger partial charge in [0.1, 0.15) is 0 Å². The first kappa shape index (κ1) is 12.3. The summed E-state index contributed by atoms with van der Waals surface area (Å²) in [5.74, 6) is 1.33. The van der Waals surface area contributed by atoms with Crippen molar-refractivity contribution in [3.63, 3.8) is 0 Å². The van der Waals surface area contributed by atoms with Crippen molar-refractivity contribution in [2.45, 2.75) is 44.4 Å². The third kappa shape index (κ3) is 4.20. The molecule has 0 aromatic carbocycles. The zero-order valence-corrected chi connectivity index (χ0v) is 10.5. The van der Waals surface area contributed by atoms with Crippen molar-refractivity contribution in [1.82, 2.24) is 5.32 Å². The average molecular weight is 217 g/mol. The van der Waals surface area contributed by atoms with Crippen LogP contribution in [0.25, 0.3) is 0 Å². The van der Waals surface area contributed by atoms with E-state index in [0.29, 0.717) is 10.8 Å². The molecule has 0 spiro atoms. The number of rotatable bonds is 6. The van der Waals surface area contributed by atoms with Crippen LogP contribution in [0.3, 0.4) is 0 Å². The molecular weight excluding hydrogens is 194 g/mol. The Balaban J connectivity index is 2.12. The Labute approximate surface area is 92.2 Å². The molecule has 1 rings (SSSR count). The Morgan fingerprint density at radius 1 is 1.57 bits per heavy atom. The molecule has 3 heteroatoms. The normalized spacial score (nSPS) is 29.4. The maximum atomic E-state index is 5.37. The molecule has 2 nitrogen and oxygen atoms in total. The summed E-state index contributed by atoms with van der Waals surface area (Å²) in [6.07, 6.45) is 2.73. The number of thioether (sulfide) groups is 1. The van der Waals surface area contributed by atoms with E-state index in [9.17, 15) is 0 Å². The number of hydrogen-bond acceptors (Lipinski definition) is 3. The smallest absolute Gasteiger partial charge is 0.0616 e. The highest BCUT2D eigenvalue weighted by Gasteiger charge is 2.29. The molecule has 14 heavy (non-hydrogen) atoms. The minimum atomic E-state index is 0.473. The third-order valence-corrected chi connectivity index (χ3v) is 4.24. The minimum absolute atomic E-state index is 0.473. The van der Waals surface area contributed by atoms with Gasteiger partial charge in [-0.05, 0) is 39.4 Å². The molecule has 0 aliphatic carbocycles. The quantitative estimate of drug-likeness (QED) is 0.737. The molecule has 1 aliphatic rings. The first-order valence-corrected chi connectivity index (χ1v) is 6.60. The van der Waals surface area contributed by atoms with E-state index in [1.54, 1.807) is 0 Å². The number of nitrogens with one attached hydrogen (secondary N) is 1. The maximum absolute atomic E-state index is 5.37. The molecule has 1 aliphatic heterocycles. The van der Waals surface area contributed by atoms with Crippen LogP contribution in [0.4, 0.5) is 0 Å². The Morgan fingerprint density at radius 3 is 2.93 bits per heavy atom. The average Bonchev–Trinajstić information content (AvgIpc) is 2.60. The molecule has 0 radical (unpaired) electrons. The summed E-state index contributed by atoms with van der Waals surface area (Å²) in [5.41, 5.74) is 0. The SMILES string of the molecule is CCOCC(C)NCC1(C)CCCS1. The minimum Gasteiger partial charge on any atom is -0.380 e. The molecular formula is C11H23NOS. The van der Waals surface area contributed by atoms with Gasteiger partial charge in [0, 0.05) is 23.9 Å². The van der Waals surface area contributed by atoms with E-state index in [0.717, 1.165) is 19.8 Å². The van der Waals surface area contributed by atoms with Crippen LogP contribution in [-0.4, -0.2) is 36.3 Å². The highest BCUT2D eigenvalue weighted by molar-refractivity contribution is 8.00. The van der Waals surface area contributed by atoms with Crippen LogP contribution in [-0.2, 0) is 4.74 Å². The van der Waals surface area contributed by atoms with Crippen molar-refractivity contribution in [1.29, 1.82) is 0 Å². The van der Waals surface area contributed by atoms with Crippen molar-refractivity contribution in [2.75, 3.05) is 25.5 Å².